The van der Waals surface area contributed by atoms with Gasteiger partial charge in [-0.15, -0.1) is 0 Å². The first kappa shape index (κ1) is 16.1. The zero-order chi connectivity index (χ0) is 15.0. The van der Waals surface area contributed by atoms with Gasteiger partial charge in [0, 0.05) is 19.2 Å². The molecule has 0 spiro atoms. The minimum absolute atomic E-state index is 0.0308. The van der Waals surface area contributed by atoms with E-state index >= 15 is 0 Å². The van der Waals surface area contributed by atoms with E-state index in [1.165, 1.54) is 0 Å². The lowest BCUT2D eigenvalue weighted by Gasteiger charge is -2.19. The molecule has 0 unspecified atom stereocenters. The number of benzene rings is 1. The largest absolute Gasteiger partial charge is 0.493 e. The molecule has 0 atom stereocenters. The highest BCUT2D eigenvalue weighted by molar-refractivity contribution is 5.87. The van der Waals surface area contributed by atoms with E-state index in [4.69, 9.17) is 9.47 Å². The lowest BCUT2D eigenvalue weighted by atomic mass is 10.1. The Morgan fingerprint density at radius 1 is 1.40 bits per heavy atom. The smallest absolute Gasteiger partial charge is 0.246 e. The number of ether oxygens (including phenoxy) is 2. The minimum Gasteiger partial charge on any atom is -0.493 e. The molecular weight excluding hydrogens is 254 g/mol. The molecule has 0 aliphatic rings. The van der Waals surface area contributed by atoms with Gasteiger partial charge in [-0.2, -0.15) is 0 Å². The summed E-state index contributed by atoms with van der Waals surface area (Å²) in [6.07, 6.45) is 4.20. The van der Waals surface area contributed by atoms with Gasteiger partial charge in [0.15, 0.2) is 11.5 Å². The van der Waals surface area contributed by atoms with Crippen molar-refractivity contribution in [3.8, 4) is 11.5 Å². The predicted molar refractivity (Wildman–Crippen MR) is 80.1 cm³/mol. The van der Waals surface area contributed by atoms with Crippen molar-refractivity contribution >= 4 is 5.91 Å². The number of carbonyl (C=O) groups is 1. The van der Waals surface area contributed by atoms with Crippen LogP contribution in [0.4, 0.5) is 0 Å². The second kappa shape index (κ2) is 8.25. The minimum atomic E-state index is -0.0308. The Morgan fingerprint density at radius 2 is 2.15 bits per heavy atom. The van der Waals surface area contributed by atoms with Crippen molar-refractivity contribution in [2.75, 3.05) is 20.8 Å². The van der Waals surface area contributed by atoms with Crippen molar-refractivity contribution in [2.24, 2.45) is 0 Å². The second-order valence-corrected chi connectivity index (χ2v) is 4.49. The maximum Gasteiger partial charge on any atom is 0.246 e. The first-order valence-electron chi connectivity index (χ1n) is 6.80. The molecule has 1 amide bonds. The number of carbonyl (C=O) groups excluding carboxylic acids is 1. The molecule has 0 saturated carbocycles. The summed E-state index contributed by atoms with van der Waals surface area (Å²) in [5.74, 6) is 1.39. The number of allylic oxidation sites excluding steroid dienone is 1. The maximum atomic E-state index is 11.8. The summed E-state index contributed by atoms with van der Waals surface area (Å²) in [5.41, 5.74) is 0.943. The number of hydrogen-bond acceptors (Lipinski definition) is 3. The third kappa shape index (κ3) is 4.30. The quantitative estimate of drug-likeness (QED) is 0.719. The molecule has 0 aliphatic heterocycles. The Bertz CT molecular complexity index is 469. The van der Waals surface area contributed by atoms with Crippen molar-refractivity contribution in [2.45, 2.75) is 26.8 Å². The monoisotopic (exact) mass is 277 g/mol. The molecule has 0 aromatic heterocycles. The van der Waals surface area contributed by atoms with Gasteiger partial charge in [0.1, 0.15) is 0 Å². The Hall–Kier alpha value is -1.97. The van der Waals surface area contributed by atoms with Gasteiger partial charge >= 0.3 is 0 Å². The van der Waals surface area contributed by atoms with Crippen LogP contribution < -0.4 is 9.47 Å². The molecular formula is C16H23NO3. The Kier molecular flexibility index (Phi) is 6.64. The fraction of sp³-hybridized carbons (Fsp3) is 0.438. The Morgan fingerprint density at radius 3 is 2.75 bits per heavy atom. The molecule has 0 radical (unpaired) electrons. The van der Waals surface area contributed by atoms with E-state index in [0.717, 1.165) is 17.7 Å². The fourth-order valence-corrected chi connectivity index (χ4v) is 1.82. The van der Waals surface area contributed by atoms with E-state index in [-0.39, 0.29) is 5.91 Å². The highest BCUT2D eigenvalue weighted by Crippen LogP contribution is 2.32. The summed E-state index contributed by atoms with van der Waals surface area (Å²) in [5, 5.41) is 0. The lowest BCUT2D eigenvalue weighted by Crippen LogP contribution is -2.24. The highest BCUT2D eigenvalue weighted by atomic mass is 16.5. The normalized spacial score (nSPS) is 10.6. The molecule has 1 aromatic carbocycles. The van der Waals surface area contributed by atoms with Gasteiger partial charge in [0.25, 0.3) is 0 Å². The molecule has 4 nitrogen and oxygen atoms in total. The Labute approximate surface area is 121 Å². The number of likely N-dealkylation sites (N-methyl/N-ethyl adjacent to an activating group) is 1. The van der Waals surface area contributed by atoms with Gasteiger partial charge in [-0.25, -0.2) is 0 Å². The zero-order valence-corrected chi connectivity index (χ0v) is 12.7. The number of hydrogen-bond donors (Lipinski definition) is 0. The number of rotatable bonds is 7. The summed E-state index contributed by atoms with van der Waals surface area (Å²) in [4.78, 5) is 13.4. The van der Waals surface area contributed by atoms with Crippen LogP contribution in [0.3, 0.4) is 0 Å². The predicted octanol–water partition coefficient (Wildman–Crippen LogP) is 3.02. The molecule has 20 heavy (non-hydrogen) atoms. The molecule has 1 aromatic rings. The molecule has 0 heterocycles. The van der Waals surface area contributed by atoms with E-state index in [0.29, 0.717) is 18.9 Å². The third-order valence-corrected chi connectivity index (χ3v) is 2.82. The standard InChI is InChI=1S/C16H23NO3/c1-5-8-15(18)17(3)12-13-9-7-10-14(19-4)16(13)20-11-6-2/h5,7-10H,6,11-12H2,1-4H3/b8-5+. The summed E-state index contributed by atoms with van der Waals surface area (Å²) in [6.45, 7) is 4.99. The van der Waals surface area contributed by atoms with Crippen LogP contribution in [0.2, 0.25) is 0 Å². The zero-order valence-electron chi connectivity index (χ0n) is 12.7. The van der Waals surface area contributed by atoms with E-state index in [1.807, 2.05) is 25.1 Å². The van der Waals surface area contributed by atoms with Crippen LogP contribution in [0.25, 0.3) is 0 Å². The van der Waals surface area contributed by atoms with E-state index < -0.39 is 0 Å². The summed E-state index contributed by atoms with van der Waals surface area (Å²) < 4.78 is 11.1. The lowest BCUT2D eigenvalue weighted by molar-refractivity contribution is -0.125. The molecule has 1 rings (SSSR count). The van der Waals surface area contributed by atoms with Crippen LogP contribution in [0, 0.1) is 0 Å². The molecule has 0 bridgehead atoms. The third-order valence-electron chi connectivity index (χ3n) is 2.82. The van der Waals surface area contributed by atoms with Crippen molar-refractivity contribution in [3.05, 3.63) is 35.9 Å². The molecule has 0 saturated heterocycles. The van der Waals surface area contributed by atoms with E-state index in [1.54, 1.807) is 31.2 Å². The van der Waals surface area contributed by atoms with E-state index in [2.05, 4.69) is 6.92 Å². The van der Waals surface area contributed by atoms with Crippen LogP contribution in [0.1, 0.15) is 25.8 Å². The first-order chi connectivity index (χ1) is 9.63. The second-order valence-electron chi connectivity index (χ2n) is 4.49. The van der Waals surface area contributed by atoms with Crippen LogP contribution in [-0.4, -0.2) is 31.6 Å². The summed E-state index contributed by atoms with van der Waals surface area (Å²) in [6, 6.07) is 5.72. The van der Waals surface area contributed by atoms with Crippen molar-refractivity contribution in [1.82, 2.24) is 4.90 Å². The molecule has 0 fully saturated rings. The van der Waals surface area contributed by atoms with Crippen molar-refractivity contribution in [1.29, 1.82) is 0 Å². The number of amides is 1. The highest BCUT2D eigenvalue weighted by Gasteiger charge is 2.14. The average Bonchev–Trinajstić information content (AvgIpc) is 2.45. The van der Waals surface area contributed by atoms with Crippen LogP contribution >= 0.6 is 0 Å². The fourth-order valence-electron chi connectivity index (χ4n) is 1.82. The van der Waals surface area contributed by atoms with Crippen LogP contribution in [-0.2, 0) is 11.3 Å². The van der Waals surface area contributed by atoms with Crippen molar-refractivity contribution in [3.63, 3.8) is 0 Å². The topological polar surface area (TPSA) is 38.8 Å². The SMILES string of the molecule is C/C=C/C(=O)N(C)Cc1cccc(OC)c1OCCC. The number of para-hydroxylation sites is 1. The maximum absolute atomic E-state index is 11.8. The van der Waals surface area contributed by atoms with Gasteiger partial charge in [0.2, 0.25) is 5.91 Å². The van der Waals surface area contributed by atoms with Gasteiger partial charge in [-0.1, -0.05) is 25.1 Å². The van der Waals surface area contributed by atoms with Gasteiger partial charge in [-0.05, 0) is 25.5 Å². The van der Waals surface area contributed by atoms with Crippen LogP contribution in [0.5, 0.6) is 11.5 Å². The van der Waals surface area contributed by atoms with Gasteiger partial charge in [-0.3, -0.25) is 4.79 Å². The van der Waals surface area contributed by atoms with Crippen LogP contribution in [0.15, 0.2) is 30.4 Å². The Balaban J connectivity index is 2.95. The van der Waals surface area contributed by atoms with Crippen molar-refractivity contribution < 1.29 is 14.3 Å². The van der Waals surface area contributed by atoms with Gasteiger partial charge < -0.3 is 14.4 Å². The summed E-state index contributed by atoms with van der Waals surface area (Å²) >= 11 is 0. The molecule has 0 N–H and O–H groups in total. The molecule has 4 heteroatoms. The number of methoxy groups -OCH3 is 1. The number of nitrogens with zero attached hydrogens (tertiary/aromatic N) is 1. The summed E-state index contributed by atoms with van der Waals surface area (Å²) in [7, 11) is 3.39. The molecule has 110 valence electrons. The molecule has 0 aliphatic carbocycles. The average molecular weight is 277 g/mol. The van der Waals surface area contributed by atoms with Gasteiger partial charge in [0.05, 0.1) is 13.7 Å². The first-order valence-corrected chi connectivity index (χ1v) is 6.80. The van der Waals surface area contributed by atoms with E-state index in [9.17, 15) is 4.79 Å².